The highest BCUT2D eigenvalue weighted by Crippen LogP contribution is 2.30. The van der Waals surface area contributed by atoms with E-state index in [1.165, 1.54) is 6.42 Å². The van der Waals surface area contributed by atoms with Crippen LogP contribution in [0.25, 0.3) is 0 Å². The molecule has 0 radical (unpaired) electrons. The van der Waals surface area contributed by atoms with Crippen LogP contribution in [0.4, 0.5) is 4.39 Å². The lowest BCUT2D eigenvalue weighted by atomic mass is 9.90. The van der Waals surface area contributed by atoms with E-state index in [-0.39, 0.29) is 5.91 Å². The van der Waals surface area contributed by atoms with Gasteiger partial charge in [-0.05, 0) is 33.1 Å². The molecule has 104 valence electrons. The minimum Gasteiger partial charge on any atom is -0.340 e. The quantitative estimate of drug-likeness (QED) is 0.756. The molecule has 0 aromatic carbocycles. The Bertz CT molecular complexity index is 292. The largest absolute Gasteiger partial charge is 0.340 e. The molecule has 2 saturated heterocycles. The predicted molar refractivity (Wildman–Crippen MR) is 70.2 cm³/mol. The fourth-order valence-electron chi connectivity index (χ4n) is 2.99. The zero-order chi connectivity index (χ0) is 13.2. The summed E-state index contributed by atoms with van der Waals surface area (Å²) in [7, 11) is 0. The minimum atomic E-state index is -1.59. The maximum atomic E-state index is 14.8. The van der Waals surface area contributed by atoms with Crippen molar-refractivity contribution in [2.75, 3.05) is 26.2 Å². The van der Waals surface area contributed by atoms with Crippen LogP contribution >= 0.6 is 0 Å². The Morgan fingerprint density at radius 1 is 1.06 bits per heavy atom. The monoisotopic (exact) mass is 256 g/mol. The van der Waals surface area contributed by atoms with Crippen LogP contribution in [0.1, 0.15) is 46.0 Å². The molecule has 2 rings (SSSR count). The van der Waals surface area contributed by atoms with Gasteiger partial charge in [0, 0.05) is 45.1 Å². The third-order valence-corrected chi connectivity index (χ3v) is 4.35. The molecule has 0 unspecified atom stereocenters. The summed E-state index contributed by atoms with van der Waals surface area (Å²) in [5.41, 5.74) is -1.59. The van der Waals surface area contributed by atoms with Crippen molar-refractivity contribution >= 4 is 5.91 Å². The first kappa shape index (κ1) is 13.8. The van der Waals surface area contributed by atoms with E-state index in [1.807, 2.05) is 0 Å². The van der Waals surface area contributed by atoms with Gasteiger partial charge in [0.05, 0.1) is 0 Å². The van der Waals surface area contributed by atoms with Crippen molar-refractivity contribution in [3.05, 3.63) is 0 Å². The van der Waals surface area contributed by atoms with Crippen molar-refractivity contribution < 1.29 is 9.18 Å². The molecule has 0 aromatic rings. The van der Waals surface area contributed by atoms with E-state index in [9.17, 15) is 9.18 Å². The number of rotatable bonds is 2. The molecule has 0 aliphatic carbocycles. The number of alkyl halides is 1. The average Bonchev–Trinajstić information content (AvgIpc) is 2.39. The van der Waals surface area contributed by atoms with E-state index in [2.05, 4.69) is 18.7 Å². The van der Waals surface area contributed by atoms with Gasteiger partial charge in [0.25, 0.3) is 5.91 Å². The van der Waals surface area contributed by atoms with Crippen LogP contribution in [0.5, 0.6) is 0 Å². The number of hydrogen-bond acceptors (Lipinski definition) is 2. The van der Waals surface area contributed by atoms with Crippen LogP contribution in [0.3, 0.4) is 0 Å². The van der Waals surface area contributed by atoms with E-state index in [1.54, 1.807) is 4.90 Å². The van der Waals surface area contributed by atoms with Gasteiger partial charge in [-0.1, -0.05) is 0 Å². The Morgan fingerprint density at radius 3 is 2.11 bits per heavy atom. The Balaban J connectivity index is 1.93. The molecule has 18 heavy (non-hydrogen) atoms. The summed E-state index contributed by atoms with van der Waals surface area (Å²) in [5.74, 6) is -0.245. The van der Waals surface area contributed by atoms with Crippen LogP contribution in [0.15, 0.2) is 0 Å². The van der Waals surface area contributed by atoms with Crippen LogP contribution < -0.4 is 0 Å². The number of carbonyl (C=O) groups is 1. The zero-order valence-electron chi connectivity index (χ0n) is 11.6. The second-order valence-corrected chi connectivity index (χ2v) is 5.95. The summed E-state index contributed by atoms with van der Waals surface area (Å²) in [4.78, 5) is 16.3. The van der Waals surface area contributed by atoms with Gasteiger partial charge < -0.3 is 9.80 Å². The van der Waals surface area contributed by atoms with Crippen molar-refractivity contribution in [3.63, 3.8) is 0 Å². The SMILES string of the molecule is CC(C)N1CCC(F)(C(=O)N2CCCCC2)CC1. The zero-order valence-corrected chi connectivity index (χ0v) is 11.6. The molecule has 0 N–H and O–H groups in total. The van der Waals surface area contributed by atoms with E-state index < -0.39 is 5.67 Å². The molecule has 2 aliphatic rings. The average molecular weight is 256 g/mol. The summed E-state index contributed by atoms with van der Waals surface area (Å²) in [5, 5.41) is 0. The fourth-order valence-corrected chi connectivity index (χ4v) is 2.99. The highest BCUT2D eigenvalue weighted by atomic mass is 19.1. The molecule has 0 saturated carbocycles. The van der Waals surface area contributed by atoms with Crippen LogP contribution in [-0.2, 0) is 4.79 Å². The molecule has 0 bridgehead atoms. The molecular formula is C14H25FN2O. The molecule has 1 amide bonds. The van der Waals surface area contributed by atoms with Crippen molar-refractivity contribution in [2.45, 2.75) is 57.7 Å². The van der Waals surface area contributed by atoms with Gasteiger partial charge in [0.15, 0.2) is 5.67 Å². The minimum absolute atomic E-state index is 0.245. The normalized spacial score (nSPS) is 25.4. The molecule has 2 fully saturated rings. The van der Waals surface area contributed by atoms with Crippen LogP contribution in [-0.4, -0.2) is 53.6 Å². The lowest BCUT2D eigenvalue weighted by Gasteiger charge is -2.40. The lowest BCUT2D eigenvalue weighted by molar-refractivity contribution is -0.148. The molecule has 0 aromatic heterocycles. The van der Waals surface area contributed by atoms with E-state index in [4.69, 9.17) is 0 Å². The second-order valence-electron chi connectivity index (χ2n) is 5.95. The van der Waals surface area contributed by atoms with Gasteiger partial charge in [-0.3, -0.25) is 4.79 Å². The highest BCUT2D eigenvalue weighted by Gasteiger charge is 2.44. The summed E-state index contributed by atoms with van der Waals surface area (Å²) in [6, 6.07) is 0.444. The topological polar surface area (TPSA) is 23.6 Å². The van der Waals surface area contributed by atoms with Crippen molar-refractivity contribution in [3.8, 4) is 0 Å². The number of nitrogens with zero attached hydrogens (tertiary/aromatic N) is 2. The van der Waals surface area contributed by atoms with Gasteiger partial charge >= 0.3 is 0 Å². The number of likely N-dealkylation sites (tertiary alicyclic amines) is 2. The van der Waals surface area contributed by atoms with Gasteiger partial charge in [0.2, 0.25) is 0 Å². The number of halogens is 1. The second kappa shape index (κ2) is 5.55. The third kappa shape index (κ3) is 2.85. The van der Waals surface area contributed by atoms with E-state index in [0.717, 1.165) is 25.9 Å². The Kier molecular flexibility index (Phi) is 4.25. The summed E-state index contributed by atoms with van der Waals surface area (Å²) < 4.78 is 14.8. The Hall–Kier alpha value is -0.640. The predicted octanol–water partition coefficient (Wildman–Crippen LogP) is 2.21. The molecular weight excluding hydrogens is 231 g/mol. The maximum absolute atomic E-state index is 14.8. The lowest BCUT2D eigenvalue weighted by Crippen LogP contribution is -2.54. The number of hydrogen-bond donors (Lipinski definition) is 0. The van der Waals surface area contributed by atoms with Crippen LogP contribution in [0.2, 0.25) is 0 Å². The summed E-state index contributed by atoms with van der Waals surface area (Å²) in [6.45, 7) is 7.15. The fraction of sp³-hybridized carbons (Fsp3) is 0.929. The van der Waals surface area contributed by atoms with Gasteiger partial charge in [-0.25, -0.2) is 4.39 Å². The van der Waals surface area contributed by atoms with Gasteiger partial charge in [0.1, 0.15) is 0 Å². The Morgan fingerprint density at radius 2 is 1.61 bits per heavy atom. The standard InChI is InChI=1S/C14H25FN2O/c1-12(2)16-10-6-14(15,7-11-16)13(18)17-8-4-3-5-9-17/h12H,3-11H2,1-2H3. The first-order valence-electron chi connectivity index (χ1n) is 7.25. The molecule has 4 heteroatoms. The molecule has 2 aliphatic heterocycles. The van der Waals surface area contributed by atoms with Crippen molar-refractivity contribution in [1.82, 2.24) is 9.80 Å². The number of carbonyl (C=O) groups excluding carboxylic acids is 1. The van der Waals surface area contributed by atoms with Gasteiger partial charge in [-0.2, -0.15) is 0 Å². The van der Waals surface area contributed by atoms with Crippen molar-refractivity contribution in [2.24, 2.45) is 0 Å². The van der Waals surface area contributed by atoms with Gasteiger partial charge in [-0.15, -0.1) is 0 Å². The molecule has 3 nitrogen and oxygen atoms in total. The summed E-state index contributed by atoms with van der Waals surface area (Å²) in [6.07, 6.45) is 3.95. The summed E-state index contributed by atoms with van der Waals surface area (Å²) >= 11 is 0. The number of piperidine rings is 2. The highest BCUT2D eigenvalue weighted by molar-refractivity contribution is 5.85. The van der Waals surface area contributed by atoms with Crippen molar-refractivity contribution in [1.29, 1.82) is 0 Å². The van der Waals surface area contributed by atoms with E-state index >= 15 is 0 Å². The molecule has 2 heterocycles. The maximum Gasteiger partial charge on any atom is 0.260 e. The molecule has 0 atom stereocenters. The third-order valence-electron chi connectivity index (χ3n) is 4.35. The first-order chi connectivity index (χ1) is 8.53. The molecule has 0 spiro atoms. The first-order valence-corrected chi connectivity index (χ1v) is 7.25. The number of amides is 1. The smallest absolute Gasteiger partial charge is 0.260 e. The van der Waals surface area contributed by atoms with E-state index in [0.29, 0.717) is 32.0 Å². The van der Waals surface area contributed by atoms with Crippen LogP contribution in [0, 0.1) is 0 Å². The Labute approximate surface area is 109 Å².